The third-order valence-corrected chi connectivity index (χ3v) is 5.22. The molecule has 0 bridgehead atoms. The van der Waals surface area contributed by atoms with Crippen LogP contribution in [-0.4, -0.2) is 76.6 Å². The lowest BCUT2D eigenvalue weighted by Gasteiger charge is -2.28. The summed E-state index contributed by atoms with van der Waals surface area (Å²) in [5.41, 5.74) is 16.2. The number of aliphatic hydroxyl groups is 1. The Morgan fingerprint density at radius 2 is 1.48 bits per heavy atom. The monoisotopic (exact) mass is 474 g/mol. The summed E-state index contributed by atoms with van der Waals surface area (Å²) < 4.78 is 0. The zero-order chi connectivity index (χ0) is 25.7. The van der Waals surface area contributed by atoms with E-state index in [1.807, 2.05) is 0 Å². The quantitative estimate of drug-likeness (QED) is 0.108. The van der Waals surface area contributed by atoms with Crippen molar-refractivity contribution in [2.75, 3.05) is 6.54 Å². The van der Waals surface area contributed by atoms with Crippen LogP contribution in [0, 0.1) is 5.92 Å². The molecule has 0 saturated heterocycles. The number of unbranched alkanes of at least 4 members (excludes halogenated alkanes) is 1. The number of carbonyl (C=O) groups excluding carboxylic acids is 4. The number of hydrogen-bond acceptors (Lipinski definition) is 8. The Kier molecular flexibility index (Phi) is 13.9. The first-order valence-electron chi connectivity index (χ1n) is 10.9. The van der Waals surface area contributed by atoms with Crippen LogP contribution in [0.15, 0.2) is 0 Å². The Morgan fingerprint density at radius 1 is 0.909 bits per heavy atom. The van der Waals surface area contributed by atoms with E-state index in [2.05, 4.69) is 16.0 Å². The molecule has 0 aromatic carbocycles. The average Bonchev–Trinajstić information content (AvgIpc) is 2.74. The minimum absolute atomic E-state index is 0.145. The molecule has 190 valence electrons. The standard InChI is InChI=1S/C20H38N6O7/c1-4-10(2)16(26-18(30)15(23)11(3)27)19(31)24-12(7-5-6-8-21)17(29)25-13(20(32)33)9-14(22)28/h10-13,15-16,27H,4-9,21,23H2,1-3H3,(H2,22,28)(H,24,31)(H,25,29)(H,26,30)(H,32,33). The third-order valence-electron chi connectivity index (χ3n) is 5.22. The summed E-state index contributed by atoms with van der Waals surface area (Å²) >= 11 is 0. The van der Waals surface area contributed by atoms with Crippen LogP contribution >= 0.6 is 0 Å². The SMILES string of the molecule is CCC(C)C(NC(=O)C(N)C(C)O)C(=O)NC(CCCCN)C(=O)NC(CC(N)=O)C(=O)O. The molecule has 0 saturated carbocycles. The smallest absolute Gasteiger partial charge is 0.326 e. The van der Waals surface area contributed by atoms with Crippen LogP contribution in [0.25, 0.3) is 0 Å². The molecule has 11 N–H and O–H groups in total. The average molecular weight is 475 g/mol. The molecule has 0 fully saturated rings. The summed E-state index contributed by atoms with van der Waals surface area (Å²) in [7, 11) is 0. The predicted octanol–water partition coefficient (Wildman–Crippen LogP) is -2.72. The summed E-state index contributed by atoms with van der Waals surface area (Å²) in [6, 6.07) is -5.01. The number of carboxylic acid groups (broad SMARTS) is 1. The summed E-state index contributed by atoms with van der Waals surface area (Å²) in [6.45, 7) is 5.21. The zero-order valence-corrected chi connectivity index (χ0v) is 19.4. The van der Waals surface area contributed by atoms with Crippen LogP contribution in [0.3, 0.4) is 0 Å². The lowest BCUT2D eigenvalue weighted by atomic mass is 9.96. The first-order valence-corrected chi connectivity index (χ1v) is 10.9. The van der Waals surface area contributed by atoms with Gasteiger partial charge in [0.2, 0.25) is 23.6 Å². The van der Waals surface area contributed by atoms with E-state index < -0.39 is 66.3 Å². The molecule has 33 heavy (non-hydrogen) atoms. The van der Waals surface area contributed by atoms with Gasteiger partial charge in [-0.25, -0.2) is 4.79 Å². The lowest BCUT2D eigenvalue weighted by molar-refractivity contribution is -0.144. The van der Waals surface area contributed by atoms with Crippen molar-refractivity contribution in [3.63, 3.8) is 0 Å². The normalized spacial score (nSPS) is 16.4. The molecule has 0 aliphatic rings. The summed E-state index contributed by atoms with van der Waals surface area (Å²) in [6.07, 6.45) is -0.0993. The van der Waals surface area contributed by atoms with E-state index in [0.29, 0.717) is 25.8 Å². The second kappa shape index (κ2) is 15.1. The molecular formula is C20H38N6O7. The fourth-order valence-electron chi connectivity index (χ4n) is 2.87. The third kappa shape index (κ3) is 11.1. The van der Waals surface area contributed by atoms with Crippen LogP contribution in [0.1, 0.15) is 52.9 Å². The molecule has 0 aliphatic carbocycles. The minimum Gasteiger partial charge on any atom is -0.480 e. The molecule has 0 radical (unpaired) electrons. The number of primary amides is 1. The highest BCUT2D eigenvalue weighted by Gasteiger charge is 2.33. The van der Waals surface area contributed by atoms with Crippen molar-refractivity contribution in [3.8, 4) is 0 Å². The molecule has 0 aromatic rings. The van der Waals surface area contributed by atoms with Gasteiger partial charge in [0.05, 0.1) is 12.5 Å². The van der Waals surface area contributed by atoms with Gasteiger partial charge in [0.15, 0.2) is 0 Å². The van der Waals surface area contributed by atoms with Crippen molar-refractivity contribution < 1.29 is 34.2 Å². The summed E-state index contributed by atoms with van der Waals surface area (Å²) in [5, 5.41) is 26.0. The van der Waals surface area contributed by atoms with Gasteiger partial charge in [0, 0.05) is 0 Å². The molecule has 13 nitrogen and oxygen atoms in total. The van der Waals surface area contributed by atoms with Crippen molar-refractivity contribution in [1.82, 2.24) is 16.0 Å². The Bertz CT molecular complexity index is 688. The van der Waals surface area contributed by atoms with Gasteiger partial charge in [0.1, 0.15) is 24.2 Å². The van der Waals surface area contributed by atoms with Gasteiger partial charge in [-0.2, -0.15) is 0 Å². The topological polar surface area (TPSA) is 240 Å². The number of aliphatic hydroxyl groups excluding tert-OH is 1. The van der Waals surface area contributed by atoms with Gasteiger partial charge >= 0.3 is 5.97 Å². The van der Waals surface area contributed by atoms with E-state index in [1.165, 1.54) is 6.92 Å². The Balaban J connectivity index is 5.59. The lowest BCUT2D eigenvalue weighted by Crippen LogP contribution is -2.59. The number of hydrogen-bond donors (Lipinski definition) is 8. The largest absolute Gasteiger partial charge is 0.480 e. The maximum atomic E-state index is 13.0. The van der Waals surface area contributed by atoms with Crippen LogP contribution < -0.4 is 33.2 Å². The van der Waals surface area contributed by atoms with Gasteiger partial charge in [-0.1, -0.05) is 20.3 Å². The van der Waals surface area contributed by atoms with E-state index >= 15 is 0 Å². The van der Waals surface area contributed by atoms with Crippen molar-refractivity contribution in [1.29, 1.82) is 0 Å². The van der Waals surface area contributed by atoms with Crippen LogP contribution in [0.5, 0.6) is 0 Å². The molecule has 6 atom stereocenters. The highest BCUT2D eigenvalue weighted by atomic mass is 16.4. The molecule has 0 rings (SSSR count). The fourth-order valence-corrected chi connectivity index (χ4v) is 2.87. The fraction of sp³-hybridized carbons (Fsp3) is 0.750. The van der Waals surface area contributed by atoms with Crippen LogP contribution in [-0.2, 0) is 24.0 Å². The molecule has 4 amide bonds. The second-order valence-corrected chi connectivity index (χ2v) is 8.05. The van der Waals surface area contributed by atoms with E-state index in [4.69, 9.17) is 17.2 Å². The van der Waals surface area contributed by atoms with Crippen LogP contribution in [0.4, 0.5) is 0 Å². The maximum Gasteiger partial charge on any atom is 0.326 e. The van der Waals surface area contributed by atoms with Gasteiger partial charge in [-0.15, -0.1) is 0 Å². The first kappa shape index (κ1) is 30.2. The van der Waals surface area contributed by atoms with Gasteiger partial charge in [0.25, 0.3) is 0 Å². The molecule has 0 spiro atoms. The van der Waals surface area contributed by atoms with E-state index in [0.717, 1.165) is 0 Å². The van der Waals surface area contributed by atoms with Gasteiger partial charge < -0.3 is 43.4 Å². The molecule has 13 heteroatoms. The highest BCUT2D eigenvalue weighted by molar-refractivity contribution is 5.95. The van der Waals surface area contributed by atoms with Crippen molar-refractivity contribution in [2.24, 2.45) is 23.1 Å². The minimum atomic E-state index is -1.56. The number of carboxylic acids is 1. The molecule has 0 aliphatic heterocycles. The number of carbonyl (C=O) groups is 5. The van der Waals surface area contributed by atoms with E-state index in [1.54, 1.807) is 13.8 Å². The van der Waals surface area contributed by atoms with Gasteiger partial charge in [-0.3, -0.25) is 19.2 Å². The van der Waals surface area contributed by atoms with Gasteiger partial charge in [-0.05, 0) is 38.6 Å². The second-order valence-electron chi connectivity index (χ2n) is 8.05. The van der Waals surface area contributed by atoms with Crippen molar-refractivity contribution >= 4 is 29.6 Å². The van der Waals surface area contributed by atoms with Crippen molar-refractivity contribution in [2.45, 2.75) is 83.1 Å². The number of amides is 4. The number of rotatable bonds is 16. The number of nitrogens with two attached hydrogens (primary N) is 3. The molecule has 0 aromatic heterocycles. The van der Waals surface area contributed by atoms with Crippen molar-refractivity contribution in [3.05, 3.63) is 0 Å². The van der Waals surface area contributed by atoms with Crippen LogP contribution in [0.2, 0.25) is 0 Å². The maximum absolute atomic E-state index is 13.0. The number of nitrogens with one attached hydrogen (secondary N) is 3. The molecular weight excluding hydrogens is 436 g/mol. The molecule has 6 unspecified atom stereocenters. The summed E-state index contributed by atoms with van der Waals surface area (Å²) in [5.74, 6) is -4.94. The molecule has 0 heterocycles. The highest BCUT2D eigenvalue weighted by Crippen LogP contribution is 2.11. The Hall–Kier alpha value is -2.77. The van der Waals surface area contributed by atoms with E-state index in [9.17, 15) is 34.2 Å². The predicted molar refractivity (Wildman–Crippen MR) is 119 cm³/mol. The zero-order valence-electron chi connectivity index (χ0n) is 19.4. The summed E-state index contributed by atoms with van der Waals surface area (Å²) in [4.78, 5) is 60.5. The first-order chi connectivity index (χ1) is 15.3. The Morgan fingerprint density at radius 3 is 1.94 bits per heavy atom. The Labute approximate surface area is 193 Å². The number of aliphatic carboxylic acids is 1. The van der Waals surface area contributed by atoms with E-state index in [-0.39, 0.29) is 12.3 Å².